The molecule has 0 bridgehead atoms. The Labute approximate surface area is 185 Å². The molecular weight excluding hydrogens is 390 g/mol. The number of ether oxygens (including phenoxy) is 1. The lowest BCUT2D eigenvalue weighted by molar-refractivity contribution is -0.152. The van der Waals surface area contributed by atoms with Gasteiger partial charge in [-0.1, -0.05) is 50.2 Å². The smallest absolute Gasteiger partial charge is 0.347 e. The van der Waals surface area contributed by atoms with Crippen molar-refractivity contribution in [2.75, 3.05) is 13.1 Å². The Morgan fingerprint density at radius 1 is 1.16 bits per heavy atom. The van der Waals surface area contributed by atoms with Crippen LogP contribution in [0.1, 0.15) is 69.1 Å². The normalized spacial score (nSPS) is 16.9. The summed E-state index contributed by atoms with van der Waals surface area (Å²) in [6.07, 6.45) is 2.37. The monoisotopic (exact) mass is 423 g/mol. The molecule has 1 saturated heterocycles. The quantitative estimate of drug-likeness (QED) is 0.680. The maximum atomic E-state index is 12.9. The fourth-order valence-corrected chi connectivity index (χ4v) is 3.95. The molecule has 0 saturated carbocycles. The Bertz CT molecular complexity index is 917. The minimum absolute atomic E-state index is 0.154. The van der Waals surface area contributed by atoms with E-state index in [1.54, 1.807) is 6.07 Å². The first kappa shape index (κ1) is 22.9. The summed E-state index contributed by atoms with van der Waals surface area (Å²) in [5.41, 5.74) is 2.11. The Morgan fingerprint density at radius 2 is 1.87 bits per heavy atom. The second-order valence-electron chi connectivity index (χ2n) is 9.24. The minimum atomic E-state index is -1.29. The molecule has 0 aliphatic carbocycles. The largest absolute Gasteiger partial charge is 0.478 e. The Balaban J connectivity index is 1.65. The van der Waals surface area contributed by atoms with E-state index in [1.807, 2.05) is 23.1 Å². The SMILES string of the molecule is CC(C)c1ccc(CC(=O)N2CCC[C@@H](c3cccc(OC(C)(C)C(=O)O)c3)C2)cc1. The van der Waals surface area contributed by atoms with E-state index in [2.05, 4.69) is 38.1 Å². The molecule has 1 amide bonds. The zero-order chi connectivity index (χ0) is 22.6. The van der Waals surface area contributed by atoms with Crippen molar-refractivity contribution < 1.29 is 19.4 Å². The highest BCUT2D eigenvalue weighted by Crippen LogP contribution is 2.30. The molecule has 1 N–H and O–H groups in total. The number of benzene rings is 2. The molecule has 2 aromatic rings. The van der Waals surface area contributed by atoms with Crippen LogP contribution in [0.4, 0.5) is 0 Å². The van der Waals surface area contributed by atoms with Gasteiger partial charge in [0.2, 0.25) is 5.91 Å². The molecule has 0 radical (unpaired) electrons. The third-order valence-electron chi connectivity index (χ3n) is 5.99. The molecule has 0 unspecified atom stereocenters. The van der Waals surface area contributed by atoms with Gasteiger partial charge in [-0.15, -0.1) is 0 Å². The van der Waals surface area contributed by atoms with Crippen molar-refractivity contribution >= 4 is 11.9 Å². The van der Waals surface area contributed by atoms with Crippen LogP contribution in [0, 0.1) is 0 Å². The van der Waals surface area contributed by atoms with Crippen molar-refractivity contribution in [1.29, 1.82) is 0 Å². The van der Waals surface area contributed by atoms with E-state index < -0.39 is 11.6 Å². The van der Waals surface area contributed by atoms with Crippen LogP contribution in [0.15, 0.2) is 48.5 Å². The number of carbonyl (C=O) groups excluding carboxylic acids is 1. The van der Waals surface area contributed by atoms with Gasteiger partial charge in [0.25, 0.3) is 0 Å². The van der Waals surface area contributed by atoms with E-state index in [0.717, 1.165) is 30.5 Å². The number of nitrogens with zero attached hydrogens (tertiary/aromatic N) is 1. The lowest BCUT2D eigenvalue weighted by atomic mass is 9.90. The van der Waals surface area contributed by atoms with Crippen LogP contribution >= 0.6 is 0 Å². The standard InChI is InChI=1S/C26H33NO4/c1-18(2)20-12-10-19(11-13-20)15-24(28)27-14-6-8-22(17-27)21-7-5-9-23(16-21)31-26(3,4)25(29)30/h5,7,9-13,16,18,22H,6,8,14-15,17H2,1-4H3,(H,29,30)/t22-/m1/s1. The van der Waals surface area contributed by atoms with Gasteiger partial charge in [-0.05, 0) is 61.4 Å². The van der Waals surface area contributed by atoms with Crippen LogP contribution in [0.5, 0.6) is 5.75 Å². The number of hydrogen-bond acceptors (Lipinski definition) is 3. The van der Waals surface area contributed by atoms with Crippen molar-refractivity contribution in [1.82, 2.24) is 4.90 Å². The van der Waals surface area contributed by atoms with Gasteiger partial charge in [-0.3, -0.25) is 4.79 Å². The summed E-state index contributed by atoms with van der Waals surface area (Å²) >= 11 is 0. The molecular formula is C26H33NO4. The van der Waals surface area contributed by atoms with Crippen molar-refractivity contribution in [3.63, 3.8) is 0 Å². The van der Waals surface area contributed by atoms with Gasteiger partial charge in [0.1, 0.15) is 5.75 Å². The van der Waals surface area contributed by atoms with Gasteiger partial charge in [0.15, 0.2) is 5.60 Å². The van der Waals surface area contributed by atoms with Crippen LogP contribution in [0.2, 0.25) is 0 Å². The summed E-state index contributed by atoms with van der Waals surface area (Å²) in [6, 6.07) is 15.9. The highest BCUT2D eigenvalue weighted by atomic mass is 16.5. The predicted octanol–water partition coefficient (Wildman–Crippen LogP) is 5.00. The van der Waals surface area contributed by atoms with Crippen molar-refractivity contribution in [3.05, 3.63) is 65.2 Å². The molecule has 2 aromatic carbocycles. The molecule has 1 aliphatic heterocycles. The number of carboxylic acid groups (broad SMARTS) is 1. The molecule has 1 heterocycles. The van der Waals surface area contributed by atoms with Gasteiger partial charge in [-0.25, -0.2) is 4.79 Å². The van der Waals surface area contributed by atoms with E-state index in [9.17, 15) is 14.7 Å². The average molecular weight is 424 g/mol. The van der Waals surface area contributed by atoms with E-state index in [0.29, 0.717) is 24.6 Å². The average Bonchev–Trinajstić information content (AvgIpc) is 2.74. The molecule has 0 spiro atoms. The van der Waals surface area contributed by atoms with Gasteiger partial charge >= 0.3 is 5.97 Å². The molecule has 5 heteroatoms. The van der Waals surface area contributed by atoms with Crippen LogP contribution in [0.3, 0.4) is 0 Å². The first-order valence-corrected chi connectivity index (χ1v) is 11.0. The van der Waals surface area contributed by atoms with Gasteiger partial charge in [0.05, 0.1) is 6.42 Å². The maximum absolute atomic E-state index is 12.9. The third kappa shape index (κ3) is 5.87. The van der Waals surface area contributed by atoms with Gasteiger partial charge < -0.3 is 14.7 Å². The summed E-state index contributed by atoms with van der Waals surface area (Å²) < 4.78 is 5.69. The highest BCUT2D eigenvalue weighted by molar-refractivity contribution is 5.79. The Morgan fingerprint density at radius 3 is 2.52 bits per heavy atom. The summed E-state index contributed by atoms with van der Waals surface area (Å²) in [5.74, 6) is 0.389. The number of hydrogen-bond donors (Lipinski definition) is 1. The molecule has 5 nitrogen and oxygen atoms in total. The Kier molecular flexibility index (Phi) is 7.04. The zero-order valence-corrected chi connectivity index (χ0v) is 18.9. The van der Waals surface area contributed by atoms with E-state index >= 15 is 0 Å². The number of likely N-dealkylation sites (tertiary alicyclic amines) is 1. The number of carbonyl (C=O) groups is 2. The van der Waals surface area contributed by atoms with Gasteiger partial charge in [-0.2, -0.15) is 0 Å². The van der Waals surface area contributed by atoms with Crippen LogP contribution in [0.25, 0.3) is 0 Å². The molecule has 3 rings (SSSR count). The number of carboxylic acids is 1. The van der Waals surface area contributed by atoms with Crippen molar-refractivity contribution in [2.45, 2.75) is 64.4 Å². The van der Waals surface area contributed by atoms with Crippen molar-refractivity contribution in [2.24, 2.45) is 0 Å². The Hall–Kier alpha value is -2.82. The van der Waals surface area contributed by atoms with Crippen LogP contribution < -0.4 is 4.74 Å². The first-order chi connectivity index (χ1) is 14.7. The highest BCUT2D eigenvalue weighted by Gasteiger charge is 2.30. The number of aliphatic carboxylic acids is 1. The van der Waals surface area contributed by atoms with Crippen LogP contribution in [-0.2, 0) is 16.0 Å². The minimum Gasteiger partial charge on any atom is -0.478 e. The van der Waals surface area contributed by atoms with Gasteiger partial charge in [0, 0.05) is 19.0 Å². The molecule has 0 aromatic heterocycles. The number of amides is 1. The van der Waals surface area contributed by atoms with Crippen LogP contribution in [-0.4, -0.2) is 40.6 Å². The molecule has 1 aliphatic rings. The zero-order valence-electron chi connectivity index (χ0n) is 18.9. The first-order valence-electron chi connectivity index (χ1n) is 11.0. The molecule has 31 heavy (non-hydrogen) atoms. The fraction of sp³-hybridized carbons (Fsp3) is 0.462. The summed E-state index contributed by atoms with van der Waals surface area (Å²) in [7, 11) is 0. The van der Waals surface area contributed by atoms with E-state index in [-0.39, 0.29) is 11.8 Å². The maximum Gasteiger partial charge on any atom is 0.347 e. The van der Waals surface area contributed by atoms with Crippen molar-refractivity contribution in [3.8, 4) is 5.75 Å². The molecule has 166 valence electrons. The second-order valence-corrected chi connectivity index (χ2v) is 9.24. The summed E-state index contributed by atoms with van der Waals surface area (Å²) in [4.78, 5) is 26.2. The lowest BCUT2D eigenvalue weighted by Gasteiger charge is -2.33. The number of piperidine rings is 1. The van der Waals surface area contributed by atoms with E-state index in [1.165, 1.54) is 19.4 Å². The predicted molar refractivity (Wildman–Crippen MR) is 122 cm³/mol. The number of rotatable bonds is 7. The van der Waals surface area contributed by atoms with E-state index in [4.69, 9.17) is 4.74 Å². The summed E-state index contributed by atoms with van der Waals surface area (Å²) in [5, 5.41) is 9.31. The fourth-order valence-electron chi connectivity index (χ4n) is 3.95. The topological polar surface area (TPSA) is 66.8 Å². The second kappa shape index (κ2) is 9.54. The lowest BCUT2D eigenvalue weighted by Crippen LogP contribution is -2.40. The molecule has 1 atom stereocenters. The third-order valence-corrected chi connectivity index (χ3v) is 5.99. The molecule has 1 fully saturated rings. The summed E-state index contributed by atoms with van der Waals surface area (Å²) in [6.45, 7) is 8.86.